The lowest BCUT2D eigenvalue weighted by Crippen LogP contribution is -2.24. The zero-order valence-electron chi connectivity index (χ0n) is 10.3. The monoisotopic (exact) mass is 218 g/mol. The highest BCUT2D eigenvalue weighted by Crippen LogP contribution is 2.20. The van der Waals surface area contributed by atoms with Crippen molar-refractivity contribution in [2.75, 3.05) is 0 Å². The summed E-state index contributed by atoms with van der Waals surface area (Å²) < 4.78 is 5.21. The minimum absolute atomic E-state index is 0.262. The van der Waals surface area contributed by atoms with E-state index in [0.29, 0.717) is 0 Å². The van der Waals surface area contributed by atoms with Crippen molar-refractivity contribution < 1.29 is 9.53 Å². The van der Waals surface area contributed by atoms with Crippen LogP contribution in [0.2, 0.25) is 0 Å². The third-order valence-electron chi connectivity index (χ3n) is 2.20. The third kappa shape index (κ3) is 3.89. The molecule has 0 saturated heterocycles. The Bertz CT molecular complexity index is 388. The first kappa shape index (κ1) is 12.5. The van der Waals surface area contributed by atoms with Gasteiger partial charge in [-0.2, -0.15) is 0 Å². The van der Waals surface area contributed by atoms with E-state index in [1.54, 1.807) is 0 Å². The second kappa shape index (κ2) is 4.97. The van der Waals surface area contributed by atoms with Crippen LogP contribution in [0.1, 0.15) is 33.3 Å². The van der Waals surface area contributed by atoms with E-state index in [1.807, 2.05) is 57.2 Å². The molecule has 0 aliphatic heterocycles. The second-order valence-corrected chi connectivity index (χ2v) is 4.39. The molecule has 0 amide bonds. The first-order valence-electron chi connectivity index (χ1n) is 5.35. The number of hydrogen-bond donors (Lipinski definition) is 0. The first-order chi connectivity index (χ1) is 7.41. The fraction of sp³-hybridized carbons (Fsp3) is 0.357. The van der Waals surface area contributed by atoms with Crippen molar-refractivity contribution in [1.29, 1.82) is 0 Å². The van der Waals surface area contributed by atoms with Crippen LogP contribution < -0.4 is 0 Å². The van der Waals surface area contributed by atoms with Gasteiger partial charge in [0.2, 0.25) is 0 Å². The molecule has 0 bridgehead atoms. The van der Waals surface area contributed by atoms with Crippen molar-refractivity contribution in [3.8, 4) is 0 Å². The molecule has 0 fully saturated rings. The highest BCUT2D eigenvalue weighted by atomic mass is 16.6. The van der Waals surface area contributed by atoms with E-state index in [2.05, 4.69) is 0 Å². The third-order valence-corrected chi connectivity index (χ3v) is 2.20. The van der Waals surface area contributed by atoms with Gasteiger partial charge >= 0.3 is 5.97 Å². The highest BCUT2D eigenvalue weighted by Gasteiger charge is 2.18. The van der Waals surface area contributed by atoms with Gasteiger partial charge in [0, 0.05) is 6.92 Å². The maximum absolute atomic E-state index is 10.9. The van der Waals surface area contributed by atoms with Gasteiger partial charge in [0.25, 0.3) is 0 Å². The maximum Gasteiger partial charge on any atom is 0.303 e. The molecule has 0 unspecified atom stereocenters. The van der Waals surface area contributed by atoms with Crippen molar-refractivity contribution in [3.05, 3.63) is 42.0 Å². The number of esters is 1. The minimum Gasteiger partial charge on any atom is -0.456 e. The predicted octanol–water partition coefficient (Wildman–Crippen LogP) is 3.43. The van der Waals surface area contributed by atoms with Gasteiger partial charge in [-0.15, -0.1) is 0 Å². The Labute approximate surface area is 96.9 Å². The van der Waals surface area contributed by atoms with Crippen LogP contribution in [0, 0.1) is 0 Å². The Morgan fingerprint density at radius 3 is 2.25 bits per heavy atom. The molecule has 0 heterocycles. The molecule has 0 saturated carbocycles. The summed E-state index contributed by atoms with van der Waals surface area (Å²) in [4.78, 5) is 10.9. The van der Waals surface area contributed by atoms with E-state index < -0.39 is 5.60 Å². The molecule has 0 atom stereocenters. The summed E-state index contributed by atoms with van der Waals surface area (Å²) in [5.74, 6) is -0.262. The van der Waals surface area contributed by atoms with Crippen LogP contribution in [-0.2, 0) is 9.53 Å². The summed E-state index contributed by atoms with van der Waals surface area (Å²) in [5.41, 5.74) is 1.68. The van der Waals surface area contributed by atoms with E-state index in [1.165, 1.54) is 6.92 Å². The Hall–Kier alpha value is -1.57. The molecule has 0 aliphatic rings. The zero-order chi connectivity index (χ0) is 12.2. The Balaban J connectivity index is 2.88. The molecular weight excluding hydrogens is 200 g/mol. The first-order valence-corrected chi connectivity index (χ1v) is 5.35. The molecule has 1 aromatic carbocycles. The van der Waals surface area contributed by atoms with E-state index >= 15 is 0 Å². The van der Waals surface area contributed by atoms with Crippen molar-refractivity contribution in [1.82, 2.24) is 0 Å². The molecule has 0 radical (unpaired) electrons. The molecule has 0 N–H and O–H groups in total. The van der Waals surface area contributed by atoms with Gasteiger partial charge in [-0.05, 0) is 38.0 Å². The van der Waals surface area contributed by atoms with Crippen molar-refractivity contribution in [2.45, 2.75) is 33.3 Å². The van der Waals surface area contributed by atoms with Crippen molar-refractivity contribution >= 4 is 11.5 Å². The van der Waals surface area contributed by atoms with Gasteiger partial charge in [0.15, 0.2) is 0 Å². The highest BCUT2D eigenvalue weighted by molar-refractivity contribution is 5.68. The average Bonchev–Trinajstić information content (AvgIpc) is 2.16. The lowest BCUT2D eigenvalue weighted by atomic mass is 10.0. The molecule has 2 heteroatoms. The molecule has 0 aliphatic carbocycles. The summed E-state index contributed by atoms with van der Waals surface area (Å²) in [6.07, 6.45) is 1.96. The van der Waals surface area contributed by atoms with Crippen LogP contribution >= 0.6 is 0 Å². The number of hydrogen-bond acceptors (Lipinski definition) is 2. The lowest BCUT2D eigenvalue weighted by Gasteiger charge is -2.21. The number of carbonyl (C=O) groups excluding carboxylic acids is 1. The summed E-state index contributed by atoms with van der Waals surface area (Å²) >= 11 is 0. The minimum atomic E-state index is -0.564. The maximum atomic E-state index is 10.9. The molecule has 86 valence electrons. The number of benzene rings is 1. The van der Waals surface area contributed by atoms with Crippen LogP contribution in [0.4, 0.5) is 0 Å². The van der Waals surface area contributed by atoms with E-state index in [-0.39, 0.29) is 5.97 Å². The molecule has 0 spiro atoms. The Kier molecular flexibility index (Phi) is 3.88. The standard InChI is InChI=1S/C14H18O2/c1-11(13-8-6-5-7-9-13)10-14(3,4)16-12(2)15/h5-10H,1-4H3/b11-10+. The quantitative estimate of drug-likeness (QED) is 0.726. The fourth-order valence-corrected chi connectivity index (χ4v) is 1.71. The second-order valence-electron chi connectivity index (χ2n) is 4.39. The van der Waals surface area contributed by atoms with Gasteiger partial charge in [-0.3, -0.25) is 4.79 Å². The number of ether oxygens (including phenoxy) is 1. The normalized spacial score (nSPS) is 12.4. The summed E-state index contributed by atoms with van der Waals surface area (Å²) in [6.45, 7) is 7.19. The number of rotatable bonds is 3. The largest absolute Gasteiger partial charge is 0.456 e. The van der Waals surface area contributed by atoms with Crippen LogP contribution in [0.5, 0.6) is 0 Å². The Morgan fingerprint density at radius 2 is 1.75 bits per heavy atom. The molecular formula is C14H18O2. The lowest BCUT2D eigenvalue weighted by molar-refractivity contribution is -0.149. The molecule has 0 aromatic heterocycles. The van der Waals surface area contributed by atoms with Crippen molar-refractivity contribution in [3.63, 3.8) is 0 Å². The van der Waals surface area contributed by atoms with Gasteiger partial charge in [-0.25, -0.2) is 0 Å². The fourth-order valence-electron chi connectivity index (χ4n) is 1.71. The smallest absolute Gasteiger partial charge is 0.303 e. The van der Waals surface area contributed by atoms with Crippen LogP contribution in [0.25, 0.3) is 5.57 Å². The summed E-state index contributed by atoms with van der Waals surface area (Å²) in [7, 11) is 0. The van der Waals surface area contributed by atoms with Crippen molar-refractivity contribution in [2.24, 2.45) is 0 Å². The summed E-state index contributed by atoms with van der Waals surface area (Å²) in [5, 5.41) is 0. The van der Waals surface area contributed by atoms with E-state index in [9.17, 15) is 4.79 Å². The number of carbonyl (C=O) groups is 1. The van der Waals surface area contributed by atoms with Crippen LogP contribution in [-0.4, -0.2) is 11.6 Å². The van der Waals surface area contributed by atoms with E-state index in [4.69, 9.17) is 4.74 Å². The predicted molar refractivity (Wildman–Crippen MR) is 65.9 cm³/mol. The van der Waals surface area contributed by atoms with Gasteiger partial charge < -0.3 is 4.74 Å². The average molecular weight is 218 g/mol. The molecule has 1 rings (SSSR count). The van der Waals surface area contributed by atoms with E-state index in [0.717, 1.165) is 11.1 Å². The summed E-state index contributed by atoms with van der Waals surface area (Å²) in [6, 6.07) is 10.0. The number of allylic oxidation sites excluding steroid dienone is 1. The van der Waals surface area contributed by atoms with Crippen LogP contribution in [0.3, 0.4) is 0 Å². The van der Waals surface area contributed by atoms with Gasteiger partial charge in [-0.1, -0.05) is 30.3 Å². The molecule has 1 aromatic rings. The molecule has 2 nitrogen and oxygen atoms in total. The molecule has 16 heavy (non-hydrogen) atoms. The zero-order valence-corrected chi connectivity index (χ0v) is 10.3. The van der Waals surface area contributed by atoms with Gasteiger partial charge in [0.05, 0.1) is 0 Å². The topological polar surface area (TPSA) is 26.3 Å². The Morgan fingerprint density at radius 1 is 1.19 bits per heavy atom. The van der Waals surface area contributed by atoms with Crippen LogP contribution in [0.15, 0.2) is 36.4 Å². The SMILES string of the molecule is CC(=O)OC(C)(C)/C=C(\C)c1ccccc1. The van der Waals surface area contributed by atoms with Gasteiger partial charge in [0.1, 0.15) is 5.60 Å².